The van der Waals surface area contributed by atoms with Crippen molar-refractivity contribution in [3.8, 4) is 11.5 Å². The van der Waals surface area contributed by atoms with Gasteiger partial charge in [0.25, 0.3) is 5.56 Å². The molecule has 0 fully saturated rings. The zero-order valence-corrected chi connectivity index (χ0v) is 21.5. The lowest BCUT2D eigenvalue weighted by atomic mass is 9.93. The van der Waals surface area contributed by atoms with Gasteiger partial charge in [0.15, 0.2) is 4.80 Å². The van der Waals surface area contributed by atoms with E-state index in [0.717, 1.165) is 11.3 Å². The Bertz CT molecular complexity index is 1560. The van der Waals surface area contributed by atoms with E-state index in [1.807, 2.05) is 6.92 Å². The van der Waals surface area contributed by atoms with E-state index in [4.69, 9.17) is 18.6 Å². The van der Waals surface area contributed by atoms with Crippen molar-refractivity contribution in [1.82, 2.24) is 4.57 Å². The first kappa shape index (κ1) is 25.9. The number of esters is 1. The first-order valence-electron chi connectivity index (χ1n) is 11.5. The van der Waals surface area contributed by atoms with Crippen LogP contribution in [0.3, 0.4) is 0 Å². The molecule has 3 aromatic rings. The maximum atomic E-state index is 13.7. The van der Waals surface area contributed by atoms with Crippen molar-refractivity contribution in [2.45, 2.75) is 32.7 Å². The molecule has 1 atom stereocenters. The molecule has 0 spiro atoms. The molecule has 1 unspecified atom stereocenters. The minimum absolute atomic E-state index is 0.144. The number of aromatic nitrogens is 1. The van der Waals surface area contributed by atoms with E-state index in [9.17, 15) is 19.7 Å². The predicted molar refractivity (Wildman–Crippen MR) is 135 cm³/mol. The van der Waals surface area contributed by atoms with E-state index >= 15 is 0 Å². The Morgan fingerprint density at radius 1 is 1.24 bits per heavy atom. The zero-order chi connectivity index (χ0) is 26.7. The maximum absolute atomic E-state index is 13.7. The number of rotatable bonds is 9. The lowest BCUT2D eigenvalue weighted by molar-refractivity contribution is -0.402. The Morgan fingerprint density at radius 3 is 2.65 bits per heavy atom. The summed E-state index contributed by atoms with van der Waals surface area (Å²) in [6.45, 7) is 3.81. The summed E-state index contributed by atoms with van der Waals surface area (Å²) in [6.07, 6.45) is 2.60. The molecule has 2 aromatic heterocycles. The number of furan rings is 1. The van der Waals surface area contributed by atoms with Crippen LogP contribution in [0.25, 0.3) is 6.08 Å². The van der Waals surface area contributed by atoms with Gasteiger partial charge < -0.3 is 18.6 Å². The molecule has 0 saturated carbocycles. The third-order valence-electron chi connectivity index (χ3n) is 5.69. The van der Waals surface area contributed by atoms with Gasteiger partial charge in [-0.15, -0.1) is 0 Å². The highest BCUT2D eigenvalue weighted by atomic mass is 32.1. The Labute approximate surface area is 215 Å². The van der Waals surface area contributed by atoms with Crippen LogP contribution in [0.2, 0.25) is 0 Å². The van der Waals surface area contributed by atoms with Crippen LogP contribution in [0, 0.1) is 10.1 Å². The average Bonchev–Trinajstić information content (AvgIpc) is 3.48. The second-order valence-electron chi connectivity index (χ2n) is 7.95. The lowest BCUT2D eigenvalue weighted by Crippen LogP contribution is -2.40. The number of ether oxygens (including phenoxy) is 3. The largest absolute Gasteiger partial charge is 0.497 e. The summed E-state index contributed by atoms with van der Waals surface area (Å²) in [6, 6.07) is 6.85. The van der Waals surface area contributed by atoms with Crippen LogP contribution in [0.5, 0.6) is 11.5 Å². The highest BCUT2D eigenvalue weighted by Gasteiger charge is 2.36. The minimum atomic E-state index is -0.907. The molecule has 0 amide bonds. The molecule has 194 valence electrons. The number of benzene rings is 1. The van der Waals surface area contributed by atoms with Crippen molar-refractivity contribution in [2.24, 2.45) is 4.99 Å². The standard InChI is InChI=1S/C25H25N3O8S/c1-5-7-17-21(24(30)35-6-2)22(16-12-14(33-3)8-10-18(16)34-4)27-23(29)19(37-25(27)26-17)13-15-9-11-20(36-15)28(31)32/h8-13,22H,5-7H2,1-4H3/b19-13-. The molecule has 1 aromatic carbocycles. The van der Waals surface area contributed by atoms with E-state index in [0.29, 0.717) is 40.4 Å². The topological polar surface area (TPSA) is 135 Å². The van der Waals surface area contributed by atoms with Gasteiger partial charge >= 0.3 is 11.9 Å². The number of carbonyl (C=O) groups excluding carboxylic acids is 1. The van der Waals surface area contributed by atoms with Crippen molar-refractivity contribution in [3.63, 3.8) is 0 Å². The lowest BCUT2D eigenvalue weighted by Gasteiger charge is -2.27. The predicted octanol–water partition coefficient (Wildman–Crippen LogP) is 3.10. The van der Waals surface area contributed by atoms with Crippen LogP contribution in [0.4, 0.5) is 5.88 Å². The van der Waals surface area contributed by atoms with Gasteiger partial charge in [0.05, 0.1) is 42.7 Å². The molecule has 1 aliphatic heterocycles. The van der Waals surface area contributed by atoms with Gasteiger partial charge in [0.1, 0.15) is 28.2 Å². The molecule has 0 aliphatic carbocycles. The average molecular weight is 528 g/mol. The molecule has 4 rings (SSSR count). The third kappa shape index (κ3) is 4.92. The molecule has 1 aliphatic rings. The van der Waals surface area contributed by atoms with E-state index in [1.165, 1.54) is 37.0 Å². The van der Waals surface area contributed by atoms with Crippen molar-refractivity contribution >= 4 is 29.3 Å². The molecular weight excluding hydrogens is 502 g/mol. The van der Waals surface area contributed by atoms with Crippen LogP contribution in [-0.2, 0) is 9.53 Å². The summed E-state index contributed by atoms with van der Waals surface area (Å²) in [4.78, 5) is 42.4. The van der Waals surface area contributed by atoms with E-state index in [2.05, 4.69) is 4.99 Å². The number of methoxy groups -OCH3 is 2. The van der Waals surface area contributed by atoms with Crippen LogP contribution >= 0.6 is 11.3 Å². The van der Waals surface area contributed by atoms with Crippen molar-refractivity contribution in [1.29, 1.82) is 0 Å². The quantitative estimate of drug-likeness (QED) is 0.235. The molecule has 0 bridgehead atoms. The van der Waals surface area contributed by atoms with Gasteiger partial charge in [-0.05, 0) is 37.6 Å². The van der Waals surface area contributed by atoms with Gasteiger partial charge in [-0.25, -0.2) is 9.79 Å². The SMILES string of the molecule is CCCC1=C(C(=O)OCC)C(c2cc(OC)ccc2OC)n2c(s/c(=C\c3ccc([N+](=O)[O-])o3)c2=O)=N1. The minimum Gasteiger partial charge on any atom is -0.497 e. The van der Waals surface area contributed by atoms with Crippen LogP contribution < -0.4 is 24.4 Å². The van der Waals surface area contributed by atoms with E-state index in [-0.39, 0.29) is 22.5 Å². The number of hydrogen-bond acceptors (Lipinski definition) is 10. The van der Waals surface area contributed by atoms with Crippen molar-refractivity contribution < 1.29 is 28.3 Å². The van der Waals surface area contributed by atoms with E-state index < -0.39 is 28.4 Å². The fourth-order valence-electron chi connectivity index (χ4n) is 4.12. The Hall–Kier alpha value is -4.19. The molecule has 0 radical (unpaired) electrons. The molecule has 0 N–H and O–H groups in total. The Morgan fingerprint density at radius 2 is 2.03 bits per heavy atom. The zero-order valence-electron chi connectivity index (χ0n) is 20.7. The normalized spacial score (nSPS) is 15.2. The van der Waals surface area contributed by atoms with Crippen LogP contribution in [0.1, 0.15) is 44.1 Å². The van der Waals surface area contributed by atoms with E-state index in [1.54, 1.807) is 25.1 Å². The highest BCUT2D eigenvalue weighted by molar-refractivity contribution is 7.07. The molecule has 0 saturated heterocycles. The van der Waals surface area contributed by atoms with Crippen LogP contribution in [0.15, 0.2) is 55.8 Å². The van der Waals surface area contributed by atoms with Gasteiger partial charge in [0.2, 0.25) is 0 Å². The summed E-state index contributed by atoms with van der Waals surface area (Å²) in [5.41, 5.74) is 0.824. The summed E-state index contributed by atoms with van der Waals surface area (Å²) in [5, 5.41) is 11.0. The fraction of sp³-hybridized carbons (Fsp3) is 0.320. The van der Waals surface area contributed by atoms with Crippen molar-refractivity contribution in [3.05, 3.63) is 82.7 Å². The number of nitro groups is 1. The first-order valence-corrected chi connectivity index (χ1v) is 12.3. The second-order valence-corrected chi connectivity index (χ2v) is 8.96. The summed E-state index contributed by atoms with van der Waals surface area (Å²) in [5.74, 6) is 0.0823. The number of thiazole rings is 1. The number of nitrogens with zero attached hydrogens (tertiary/aromatic N) is 3. The molecular formula is C25H25N3O8S. The molecule has 12 heteroatoms. The molecule has 11 nitrogen and oxygen atoms in total. The van der Waals surface area contributed by atoms with Gasteiger partial charge in [-0.1, -0.05) is 24.7 Å². The van der Waals surface area contributed by atoms with Gasteiger partial charge in [-0.3, -0.25) is 19.5 Å². The first-order chi connectivity index (χ1) is 17.8. The number of hydrogen-bond donors (Lipinski definition) is 0. The van der Waals surface area contributed by atoms with Crippen molar-refractivity contribution in [2.75, 3.05) is 20.8 Å². The summed E-state index contributed by atoms with van der Waals surface area (Å²) in [7, 11) is 3.02. The number of carbonyl (C=O) groups is 1. The molecule has 3 heterocycles. The van der Waals surface area contributed by atoms with Gasteiger partial charge in [-0.2, -0.15) is 0 Å². The summed E-state index contributed by atoms with van der Waals surface area (Å²) >= 11 is 1.09. The summed E-state index contributed by atoms with van der Waals surface area (Å²) < 4.78 is 23.3. The fourth-order valence-corrected chi connectivity index (χ4v) is 5.12. The number of allylic oxidation sites excluding steroid dienone is 1. The second kappa shape index (κ2) is 10.8. The Kier molecular flexibility index (Phi) is 7.58. The number of fused-ring (bicyclic) bond motifs is 1. The van der Waals surface area contributed by atoms with Gasteiger partial charge in [0, 0.05) is 11.6 Å². The maximum Gasteiger partial charge on any atom is 0.433 e. The third-order valence-corrected chi connectivity index (χ3v) is 6.67. The molecule has 37 heavy (non-hydrogen) atoms. The monoisotopic (exact) mass is 527 g/mol. The Balaban J connectivity index is 2.03. The van der Waals surface area contributed by atoms with Crippen LogP contribution in [-0.4, -0.2) is 36.3 Å². The highest BCUT2D eigenvalue weighted by Crippen LogP contribution is 2.38. The smallest absolute Gasteiger partial charge is 0.433 e.